The standard InChI is InChI=1S/C18H21ClN4O2/c1-25-16-8-7-14(9-15(16)19)23-18-20-10-12(11-21-18)17(24)22-13-5-3-2-4-6-13/h7-11,13H,2-6H2,1H3,(H,22,24)(H,20,21,23). The molecule has 1 aliphatic carbocycles. The van der Waals surface area contributed by atoms with Crippen molar-refractivity contribution in [2.24, 2.45) is 0 Å². The summed E-state index contributed by atoms with van der Waals surface area (Å²) in [4.78, 5) is 20.7. The summed E-state index contributed by atoms with van der Waals surface area (Å²) < 4.78 is 5.12. The summed E-state index contributed by atoms with van der Waals surface area (Å²) in [5.74, 6) is 0.879. The van der Waals surface area contributed by atoms with Crippen molar-refractivity contribution in [1.29, 1.82) is 0 Å². The number of halogens is 1. The van der Waals surface area contributed by atoms with Gasteiger partial charge in [0, 0.05) is 24.1 Å². The van der Waals surface area contributed by atoms with Gasteiger partial charge in [-0.05, 0) is 31.0 Å². The highest BCUT2D eigenvalue weighted by Gasteiger charge is 2.17. The van der Waals surface area contributed by atoms with Crippen LogP contribution in [0.2, 0.25) is 5.02 Å². The third-order valence-electron chi connectivity index (χ3n) is 4.26. The summed E-state index contributed by atoms with van der Waals surface area (Å²) >= 11 is 6.10. The molecule has 0 aliphatic heterocycles. The predicted molar refractivity (Wildman–Crippen MR) is 97.7 cm³/mol. The van der Waals surface area contributed by atoms with Crippen molar-refractivity contribution in [1.82, 2.24) is 15.3 Å². The van der Waals surface area contributed by atoms with Crippen LogP contribution in [0.5, 0.6) is 5.75 Å². The summed E-state index contributed by atoms with van der Waals surface area (Å²) in [5.41, 5.74) is 1.20. The molecule has 3 rings (SSSR count). The van der Waals surface area contributed by atoms with E-state index in [0.29, 0.717) is 22.3 Å². The minimum absolute atomic E-state index is 0.119. The highest BCUT2D eigenvalue weighted by atomic mass is 35.5. The maximum atomic E-state index is 12.3. The fraction of sp³-hybridized carbons (Fsp3) is 0.389. The zero-order valence-electron chi connectivity index (χ0n) is 14.1. The lowest BCUT2D eigenvalue weighted by molar-refractivity contribution is 0.0927. The lowest BCUT2D eigenvalue weighted by atomic mass is 9.95. The van der Waals surface area contributed by atoms with Crippen LogP contribution in [0.25, 0.3) is 0 Å². The molecule has 0 radical (unpaired) electrons. The molecule has 25 heavy (non-hydrogen) atoms. The summed E-state index contributed by atoms with van der Waals surface area (Å²) in [6.07, 6.45) is 8.75. The van der Waals surface area contributed by atoms with Crippen molar-refractivity contribution < 1.29 is 9.53 Å². The number of hydrogen-bond donors (Lipinski definition) is 2. The summed E-state index contributed by atoms with van der Waals surface area (Å²) in [7, 11) is 1.56. The molecule has 1 aromatic heterocycles. The molecular formula is C18H21ClN4O2. The van der Waals surface area contributed by atoms with Gasteiger partial charge in [-0.2, -0.15) is 0 Å². The molecule has 1 heterocycles. The third-order valence-corrected chi connectivity index (χ3v) is 4.56. The van der Waals surface area contributed by atoms with Crippen LogP contribution in [0, 0.1) is 0 Å². The molecule has 1 saturated carbocycles. The molecule has 1 aliphatic rings. The Morgan fingerprint density at radius 1 is 1.20 bits per heavy atom. The van der Waals surface area contributed by atoms with Gasteiger partial charge in [0.15, 0.2) is 0 Å². The number of ether oxygens (including phenoxy) is 1. The van der Waals surface area contributed by atoms with E-state index in [9.17, 15) is 4.79 Å². The number of hydrogen-bond acceptors (Lipinski definition) is 5. The summed E-state index contributed by atoms with van der Waals surface area (Å²) in [5, 5.41) is 6.60. The van der Waals surface area contributed by atoms with Gasteiger partial charge in [-0.15, -0.1) is 0 Å². The first kappa shape index (κ1) is 17.5. The second-order valence-corrected chi connectivity index (χ2v) is 6.49. The molecular weight excluding hydrogens is 340 g/mol. The van der Waals surface area contributed by atoms with Crippen LogP contribution in [0.15, 0.2) is 30.6 Å². The Morgan fingerprint density at radius 2 is 1.92 bits per heavy atom. The lowest BCUT2D eigenvalue weighted by Crippen LogP contribution is -2.36. The number of carbonyl (C=O) groups excluding carboxylic acids is 1. The van der Waals surface area contributed by atoms with Crippen molar-refractivity contribution >= 4 is 29.1 Å². The molecule has 0 bridgehead atoms. The highest BCUT2D eigenvalue weighted by molar-refractivity contribution is 6.32. The van der Waals surface area contributed by atoms with E-state index in [1.807, 2.05) is 6.07 Å². The highest BCUT2D eigenvalue weighted by Crippen LogP contribution is 2.28. The SMILES string of the molecule is COc1ccc(Nc2ncc(C(=O)NC3CCCCC3)cn2)cc1Cl. The van der Waals surface area contributed by atoms with Crippen molar-refractivity contribution in [2.75, 3.05) is 12.4 Å². The topological polar surface area (TPSA) is 76.1 Å². The quantitative estimate of drug-likeness (QED) is 0.844. The number of amides is 1. The monoisotopic (exact) mass is 360 g/mol. The first-order valence-electron chi connectivity index (χ1n) is 8.39. The first-order valence-corrected chi connectivity index (χ1v) is 8.77. The molecule has 2 N–H and O–H groups in total. The van der Waals surface area contributed by atoms with Crippen LogP contribution >= 0.6 is 11.6 Å². The maximum Gasteiger partial charge on any atom is 0.254 e. The zero-order chi connectivity index (χ0) is 17.6. The maximum absolute atomic E-state index is 12.3. The fourth-order valence-electron chi connectivity index (χ4n) is 2.90. The van der Waals surface area contributed by atoms with Gasteiger partial charge in [0.25, 0.3) is 5.91 Å². The molecule has 0 saturated heterocycles. The second kappa shape index (κ2) is 8.16. The van der Waals surface area contributed by atoms with Gasteiger partial charge in [-0.1, -0.05) is 30.9 Å². The van der Waals surface area contributed by atoms with E-state index >= 15 is 0 Å². The van der Waals surface area contributed by atoms with Crippen molar-refractivity contribution in [2.45, 2.75) is 38.1 Å². The number of nitrogens with one attached hydrogen (secondary N) is 2. The van der Waals surface area contributed by atoms with Gasteiger partial charge in [0.05, 0.1) is 17.7 Å². The van der Waals surface area contributed by atoms with Crippen LogP contribution in [0.3, 0.4) is 0 Å². The average molecular weight is 361 g/mol. The molecule has 1 aromatic carbocycles. The van der Waals surface area contributed by atoms with Gasteiger partial charge in [-0.25, -0.2) is 9.97 Å². The minimum Gasteiger partial charge on any atom is -0.495 e. The Balaban J connectivity index is 1.61. The zero-order valence-corrected chi connectivity index (χ0v) is 14.8. The fourth-order valence-corrected chi connectivity index (χ4v) is 3.16. The molecule has 1 fully saturated rings. The molecule has 0 unspecified atom stereocenters. The van der Waals surface area contributed by atoms with Crippen molar-refractivity contribution in [3.05, 3.63) is 41.2 Å². The third kappa shape index (κ3) is 4.60. The number of nitrogens with zero attached hydrogens (tertiary/aromatic N) is 2. The van der Waals surface area contributed by atoms with Gasteiger partial charge >= 0.3 is 0 Å². The van der Waals surface area contributed by atoms with Gasteiger partial charge in [-0.3, -0.25) is 4.79 Å². The molecule has 0 atom stereocenters. The Bertz CT molecular complexity index is 730. The van der Waals surface area contributed by atoms with Crippen LogP contribution in [-0.4, -0.2) is 29.0 Å². The van der Waals surface area contributed by atoms with E-state index < -0.39 is 0 Å². The number of anilines is 2. The first-order chi connectivity index (χ1) is 12.2. The van der Waals surface area contributed by atoms with Gasteiger partial charge in [0.1, 0.15) is 5.75 Å². The molecule has 1 amide bonds. The van der Waals surface area contributed by atoms with Crippen LogP contribution in [-0.2, 0) is 0 Å². The summed E-state index contributed by atoms with van der Waals surface area (Å²) in [6.45, 7) is 0. The van der Waals surface area contributed by atoms with Crippen LogP contribution in [0.1, 0.15) is 42.5 Å². The van der Waals surface area contributed by atoms with E-state index in [1.54, 1.807) is 19.2 Å². The number of aromatic nitrogens is 2. The van der Waals surface area contributed by atoms with Crippen molar-refractivity contribution in [3.8, 4) is 5.75 Å². The summed E-state index contributed by atoms with van der Waals surface area (Å²) in [6, 6.07) is 5.57. The number of carbonyl (C=O) groups is 1. The van der Waals surface area contributed by atoms with Crippen LogP contribution in [0.4, 0.5) is 11.6 Å². The second-order valence-electron chi connectivity index (χ2n) is 6.08. The number of methoxy groups -OCH3 is 1. The van der Waals surface area contributed by atoms with E-state index in [1.165, 1.54) is 31.7 Å². The van der Waals surface area contributed by atoms with E-state index in [-0.39, 0.29) is 11.9 Å². The Morgan fingerprint density at radius 3 is 2.56 bits per heavy atom. The van der Waals surface area contributed by atoms with E-state index in [0.717, 1.165) is 18.5 Å². The largest absolute Gasteiger partial charge is 0.495 e. The Labute approximate surface area is 152 Å². The van der Waals surface area contributed by atoms with Crippen molar-refractivity contribution in [3.63, 3.8) is 0 Å². The Hall–Kier alpha value is -2.34. The molecule has 6 nitrogen and oxygen atoms in total. The smallest absolute Gasteiger partial charge is 0.254 e. The predicted octanol–water partition coefficient (Wildman–Crippen LogP) is 3.94. The average Bonchev–Trinajstić information content (AvgIpc) is 2.63. The number of rotatable bonds is 5. The van der Waals surface area contributed by atoms with Gasteiger partial charge in [0.2, 0.25) is 5.95 Å². The normalized spacial score (nSPS) is 14.8. The molecule has 7 heteroatoms. The van der Waals surface area contributed by atoms with E-state index in [2.05, 4.69) is 20.6 Å². The molecule has 0 spiro atoms. The Kier molecular flexibility index (Phi) is 5.71. The lowest BCUT2D eigenvalue weighted by Gasteiger charge is -2.22. The van der Waals surface area contributed by atoms with E-state index in [4.69, 9.17) is 16.3 Å². The molecule has 132 valence electrons. The minimum atomic E-state index is -0.119. The number of benzene rings is 1. The molecule has 2 aromatic rings. The van der Waals surface area contributed by atoms with Crippen LogP contribution < -0.4 is 15.4 Å². The van der Waals surface area contributed by atoms with Gasteiger partial charge < -0.3 is 15.4 Å².